The third-order valence-electron chi connectivity index (χ3n) is 3.41. The van der Waals surface area contributed by atoms with Gasteiger partial charge in [0.2, 0.25) is 10.0 Å². The molecule has 0 radical (unpaired) electrons. The Morgan fingerprint density at radius 2 is 1.95 bits per heavy atom. The number of benzene rings is 1. The summed E-state index contributed by atoms with van der Waals surface area (Å²) in [6.45, 7) is 5.43. The quantitative estimate of drug-likeness (QED) is 0.906. The fraction of sp³-hybridized carbons (Fsp3) is 0.571. The SMILES string of the molecule is CC(C)NCc1ccc(F)cc1S(=O)(=O)N1CCCC1. The summed E-state index contributed by atoms with van der Waals surface area (Å²) in [5.41, 5.74) is 0.618. The van der Waals surface area contributed by atoms with Gasteiger partial charge in [-0.25, -0.2) is 12.8 Å². The van der Waals surface area contributed by atoms with E-state index in [2.05, 4.69) is 5.32 Å². The van der Waals surface area contributed by atoms with Crippen molar-refractivity contribution in [1.82, 2.24) is 9.62 Å². The van der Waals surface area contributed by atoms with E-state index in [-0.39, 0.29) is 10.9 Å². The molecule has 1 fully saturated rings. The van der Waals surface area contributed by atoms with Crippen molar-refractivity contribution in [3.63, 3.8) is 0 Å². The average molecular weight is 300 g/mol. The van der Waals surface area contributed by atoms with Gasteiger partial charge in [-0.3, -0.25) is 0 Å². The number of rotatable bonds is 5. The van der Waals surface area contributed by atoms with Crippen LogP contribution in [-0.2, 0) is 16.6 Å². The van der Waals surface area contributed by atoms with Crippen molar-refractivity contribution in [3.8, 4) is 0 Å². The Kier molecular flexibility index (Phi) is 4.78. The molecule has 20 heavy (non-hydrogen) atoms. The van der Waals surface area contributed by atoms with Gasteiger partial charge in [-0.15, -0.1) is 0 Å². The summed E-state index contributed by atoms with van der Waals surface area (Å²) in [5.74, 6) is -0.518. The van der Waals surface area contributed by atoms with Crippen molar-refractivity contribution in [2.75, 3.05) is 13.1 Å². The molecule has 1 heterocycles. The monoisotopic (exact) mass is 300 g/mol. The lowest BCUT2D eigenvalue weighted by Gasteiger charge is -2.19. The standard InChI is InChI=1S/C14H21FN2O2S/c1-11(2)16-10-12-5-6-13(15)9-14(12)20(18,19)17-7-3-4-8-17/h5-6,9,11,16H,3-4,7-8,10H2,1-2H3. The number of hydrogen-bond donors (Lipinski definition) is 1. The highest BCUT2D eigenvalue weighted by molar-refractivity contribution is 7.89. The van der Waals surface area contributed by atoms with E-state index in [9.17, 15) is 12.8 Å². The predicted octanol–water partition coefficient (Wildman–Crippen LogP) is 2.11. The van der Waals surface area contributed by atoms with Crippen molar-refractivity contribution in [3.05, 3.63) is 29.6 Å². The first kappa shape index (κ1) is 15.4. The highest BCUT2D eigenvalue weighted by Gasteiger charge is 2.29. The summed E-state index contributed by atoms with van der Waals surface area (Å²) in [5, 5.41) is 3.18. The van der Waals surface area contributed by atoms with Gasteiger partial charge in [0.25, 0.3) is 0 Å². The zero-order valence-electron chi connectivity index (χ0n) is 11.9. The lowest BCUT2D eigenvalue weighted by Crippen LogP contribution is -2.30. The molecule has 0 aromatic heterocycles. The van der Waals surface area contributed by atoms with Gasteiger partial charge >= 0.3 is 0 Å². The Balaban J connectivity index is 2.35. The summed E-state index contributed by atoms with van der Waals surface area (Å²) in [7, 11) is -3.59. The van der Waals surface area contributed by atoms with Gasteiger partial charge in [0.05, 0.1) is 4.90 Å². The first-order valence-electron chi connectivity index (χ1n) is 6.93. The van der Waals surface area contributed by atoms with Gasteiger partial charge in [-0.1, -0.05) is 19.9 Å². The molecule has 1 aromatic rings. The molecule has 0 unspecified atom stereocenters. The van der Waals surface area contributed by atoms with Crippen LogP contribution in [0, 0.1) is 5.82 Å². The van der Waals surface area contributed by atoms with E-state index in [1.165, 1.54) is 10.4 Å². The van der Waals surface area contributed by atoms with Crippen LogP contribution in [0.4, 0.5) is 4.39 Å². The maximum atomic E-state index is 13.5. The van der Waals surface area contributed by atoms with Crippen LogP contribution < -0.4 is 5.32 Å². The summed E-state index contributed by atoms with van der Waals surface area (Å²) in [6.07, 6.45) is 1.74. The summed E-state index contributed by atoms with van der Waals surface area (Å²) in [6, 6.07) is 4.22. The molecule has 1 saturated heterocycles. The highest BCUT2D eigenvalue weighted by Crippen LogP contribution is 2.24. The first-order valence-corrected chi connectivity index (χ1v) is 8.37. The maximum Gasteiger partial charge on any atom is 0.243 e. The fourth-order valence-corrected chi connectivity index (χ4v) is 4.05. The minimum absolute atomic E-state index is 0.0903. The van der Waals surface area contributed by atoms with E-state index in [0.29, 0.717) is 25.2 Å². The Hall–Kier alpha value is -0.980. The van der Waals surface area contributed by atoms with E-state index in [1.807, 2.05) is 13.8 Å². The molecule has 0 bridgehead atoms. The predicted molar refractivity (Wildman–Crippen MR) is 76.4 cm³/mol. The molecule has 2 rings (SSSR count). The molecule has 0 saturated carbocycles. The number of nitrogens with zero attached hydrogens (tertiary/aromatic N) is 1. The maximum absolute atomic E-state index is 13.5. The lowest BCUT2D eigenvalue weighted by atomic mass is 10.2. The van der Waals surface area contributed by atoms with Crippen LogP contribution in [-0.4, -0.2) is 31.9 Å². The number of halogens is 1. The molecular weight excluding hydrogens is 279 g/mol. The van der Waals surface area contributed by atoms with Crippen molar-refractivity contribution in [1.29, 1.82) is 0 Å². The molecule has 4 nitrogen and oxygen atoms in total. The Morgan fingerprint density at radius 1 is 1.30 bits per heavy atom. The molecular formula is C14H21FN2O2S. The van der Waals surface area contributed by atoms with Crippen LogP contribution >= 0.6 is 0 Å². The Bertz CT molecular complexity index is 567. The molecule has 6 heteroatoms. The van der Waals surface area contributed by atoms with Crippen LogP contribution in [0.5, 0.6) is 0 Å². The number of nitrogens with one attached hydrogen (secondary N) is 1. The van der Waals surface area contributed by atoms with Crippen LogP contribution in [0.2, 0.25) is 0 Å². The van der Waals surface area contributed by atoms with Crippen LogP contribution in [0.15, 0.2) is 23.1 Å². The van der Waals surface area contributed by atoms with Crippen molar-refractivity contribution in [2.45, 2.75) is 44.2 Å². The average Bonchev–Trinajstić information content (AvgIpc) is 2.91. The van der Waals surface area contributed by atoms with Gasteiger partial charge in [-0.05, 0) is 30.5 Å². The zero-order valence-corrected chi connectivity index (χ0v) is 12.7. The van der Waals surface area contributed by atoms with E-state index >= 15 is 0 Å². The van der Waals surface area contributed by atoms with E-state index in [4.69, 9.17) is 0 Å². The number of hydrogen-bond acceptors (Lipinski definition) is 3. The fourth-order valence-electron chi connectivity index (χ4n) is 2.30. The Labute approximate surface area is 120 Å². The second kappa shape index (κ2) is 6.20. The van der Waals surface area contributed by atoms with Crippen LogP contribution in [0.25, 0.3) is 0 Å². The largest absolute Gasteiger partial charge is 0.310 e. The molecule has 0 amide bonds. The minimum atomic E-state index is -3.59. The Morgan fingerprint density at radius 3 is 2.55 bits per heavy atom. The molecule has 0 spiro atoms. The number of sulfonamides is 1. The van der Waals surface area contributed by atoms with Crippen molar-refractivity contribution < 1.29 is 12.8 Å². The van der Waals surface area contributed by atoms with Gasteiger partial charge in [0, 0.05) is 25.7 Å². The zero-order chi connectivity index (χ0) is 14.8. The second-order valence-electron chi connectivity index (χ2n) is 5.40. The van der Waals surface area contributed by atoms with E-state index in [1.54, 1.807) is 6.07 Å². The van der Waals surface area contributed by atoms with Crippen molar-refractivity contribution in [2.24, 2.45) is 0 Å². The summed E-state index contributed by atoms with van der Waals surface area (Å²) >= 11 is 0. The molecule has 0 atom stereocenters. The van der Waals surface area contributed by atoms with Gasteiger partial charge in [0.1, 0.15) is 5.82 Å². The molecule has 0 aliphatic carbocycles. The molecule has 112 valence electrons. The lowest BCUT2D eigenvalue weighted by molar-refractivity contribution is 0.474. The van der Waals surface area contributed by atoms with Gasteiger partial charge < -0.3 is 5.32 Å². The molecule has 1 aliphatic heterocycles. The van der Waals surface area contributed by atoms with Gasteiger partial charge in [0.15, 0.2) is 0 Å². The van der Waals surface area contributed by atoms with E-state index in [0.717, 1.165) is 18.9 Å². The summed E-state index contributed by atoms with van der Waals surface area (Å²) < 4.78 is 40.1. The third-order valence-corrected chi connectivity index (χ3v) is 5.39. The topological polar surface area (TPSA) is 49.4 Å². The molecule has 1 aromatic carbocycles. The van der Waals surface area contributed by atoms with Crippen LogP contribution in [0.3, 0.4) is 0 Å². The van der Waals surface area contributed by atoms with Crippen molar-refractivity contribution >= 4 is 10.0 Å². The summed E-state index contributed by atoms with van der Waals surface area (Å²) in [4.78, 5) is 0.0903. The second-order valence-corrected chi connectivity index (χ2v) is 7.31. The highest BCUT2D eigenvalue weighted by atomic mass is 32.2. The van der Waals surface area contributed by atoms with Gasteiger partial charge in [-0.2, -0.15) is 4.31 Å². The van der Waals surface area contributed by atoms with E-state index < -0.39 is 15.8 Å². The smallest absolute Gasteiger partial charge is 0.243 e. The molecule has 1 aliphatic rings. The molecule has 1 N–H and O–H groups in total. The van der Waals surface area contributed by atoms with Crippen LogP contribution in [0.1, 0.15) is 32.3 Å². The third kappa shape index (κ3) is 3.37. The first-order chi connectivity index (χ1) is 9.41. The normalized spacial score (nSPS) is 17.0. The minimum Gasteiger partial charge on any atom is -0.310 e.